The van der Waals surface area contributed by atoms with Crippen molar-refractivity contribution in [3.8, 4) is 0 Å². The van der Waals surface area contributed by atoms with E-state index in [2.05, 4.69) is 43.4 Å². The van der Waals surface area contributed by atoms with Crippen LogP contribution in [-0.4, -0.2) is 73.2 Å². The van der Waals surface area contributed by atoms with Gasteiger partial charge in [-0.2, -0.15) is 0 Å². The predicted molar refractivity (Wildman–Crippen MR) is 140 cm³/mol. The number of halogens is 2. The van der Waals surface area contributed by atoms with Gasteiger partial charge in [0, 0.05) is 69.8 Å². The van der Waals surface area contributed by atoms with Crippen LogP contribution in [0.5, 0.6) is 0 Å². The molecule has 3 rings (SSSR count). The van der Waals surface area contributed by atoms with Crippen LogP contribution in [0.2, 0.25) is 5.02 Å². The second-order valence-electron chi connectivity index (χ2n) is 7.26. The minimum absolute atomic E-state index is 0. The summed E-state index contributed by atoms with van der Waals surface area (Å²) in [6.07, 6.45) is 5.52. The van der Waals surface area contributed by atoms with E-state index in [0.717, 1.165) is 87.7 Å². The summed E-state index contributed by atoms with van der Waals surface area (Å²) in [5.74, 6) is 1.70. The van der Waals surface area contributed by atoms with E-state index >= 15 is 0 Å². The maximum Gasteiger partial charge on any atom is 0.225 e. The van der Waals surface area contributed by atoms with E-state index in [0.29, 0.717) is 0 Å². The normalized spacial score (nSPS) is 14.8. The van der Waals surface area contributed by atoms with Gasteiger partial charge in [-0.1, -0.05) is 29.8 Å². The van der Waals surface area contributed by atoms with E-state index < -0.39 is 0 Å². The van der Waals surface area contributed by atoms with Gasteiger partial charge in [-0.25, -0.2) is 9.97 Å². The van der Waals surface area contributed by atoms with Crippen molar-refractivity contribution < 1.29 is 0 Å². The third-order valence-corrected chi connectivity index (χ3v) is 5.47. The molecule has 170 valence electrons. The van der Waals surface area contributed by atoms with E-state index in [1.807, 2.05) is 24.3 Å². The average molecular weight is 558 g/mol. The summed E-state index contributed by atoms with van der Waals surface area (Å²) < 4.78 is 0. The number of rotatable bonds is 9. The Labute approximate surface area is 207 Å². The number of hydrogen-bond donors (Lipinski definition) is 2. The molecule has 2 heterocycles. The molecule has 1 saturated heterocycles. The lowest BCUT2D eigenvalue weighted by Gasteiger charge is -2.34. The lowest BCUT2D eigenvalue weighted by atomic mass is 10.1. The Morgan fingerprint density at radius 3 is 2.52 bits per heavy atom. The quantitative estimate of drug-likeness (QED) is 0.214. The van der Waals surface area contributed by atoms with Crippen molar-refractivity contribution in [2.45, 2.75) is 19.8 Å². The van der Waals surface area contributed by atoms with Crippen LogP contribution >= 0.6 is 35.6 Å². The number of guanidine groups is 1. The predicted octanol–water partition coefficient (Wildman–Crippen LogP) is 3.06. The SMILES string of the molecule is CCNC(=NCCCN1CCN(c2ncccn2)CC1)NCCc1ccccc1Cl.I. The number of hydrogen-bond acceptors (Lipinski definition) is 5. The lowest BCUT2D eigenvalue weighted by molar-refractivity contribution is 0.255. The van der Waals surface area contributed by atoms with E-state index in [9.17, 15) is 0 Å². The van der Waals surface area contributed by atoms with Gasteiger partial charge >= 0.3 is 0 Å². The third kappa shape index (κ3) is 8.78. The minimum atomic E-state index is 0. The van der Waals surface area contributed by atoms with Gasteiger partial charge in [-0.3, -0.25) is 9.89 Å². The van der Waals surface area contributed by atoms with Crippen LogP contribution in [0.15, 0.2) is 47.7 Å². The van der Waals surface area contributed by atoms with Gasteiger partial charge in [0.2, 0.25) is 5.95 Å². The fourth-order valence-electron chi connectivity index (χ4n) is 3.47. The molecule has 0 amide bonds. The highest BCUT2D eigenvalue weighted by atomic mass is 127. The number of nitrogens with one attached hydrogen (secondary N) is 2. The van der Waals surface area contributed by atoms with Gasteiger partial charge < -0.3 is 15.5 Å². The highest BCUT2D eigenvalue weighted by Gasteiger charge is 2.18. The first-order valence-corrected chi connectivity index (χ1v) is 11.1. The Bertz CT molecular complexity index is 782. The molecule has 31 heavy (non-hydrogen) atoms. The zero-order valence-corrected chi connectivity index (χ0v) is 21.2. The van der Waals surface area contributed by atoms with Gasteiger partial charge in [0.05, 0.1) is 0 Å². The molecule has 0 atom stereocenters. The second kappa shape index (κ2) is 14.4. The molecule has 1 aromatic heterocycles. The molecule has 1 fully saturated rings. The molecule has 0 saturated carbocycles. The summed E-state index contributed by atoms with van der Waals surface area (Å²) in [4.78, 5) is 18.2. The molecule has 1 aliphatic heterocycles. The number of aromatic nitrogens is 2. The first-order valence-electron chi connectivity index (χ1n) is 10.8. The maximum atomic E-state index is 6.23. The van der Waals surface area contributed by atoms with Crippen LogP contribution in [0, 0.1) is 0 Å². The molecular weight excluding hydrogens is 525 g/mol. The van der Waals surface area contributed by atoms with Crippen molar-refractivity contribution in [3.63, 3.8) is 0 Å². The molecule has 9 heteroatoms. The fraction of sp³-hybridized carbons (Fsp3) is 0.500. The van der Waals surface area contributed by atoms with Crippen LogP contribution in [-0.2, 0) is 6.42 Å². The molecule has 0 unspecified atom stereocenters. The average Bonchev–Trinajstić information content (AvgIpc) is 2.79. The molecule has 2 aromatic rings. The minimum Gasteiger partial charge on any atom is -0.357 e. The number of piperazine rings is 1. The van der Waals surface area contributed by atoms with Crippen molar-refractivity contribution in [1.29, 1.82) is 0 Å². The van der Waals surface area contributed by atoms with Gasteiger partial charge in [0.15, 0.2) is 5.96 Å². The third-order valence-electron chi connectivity index (χ3n) is 5.10. The molecular formula is C22H33ClIN7. The summed E-state index contributed by atoms with van der Waals surface area (Å²) in [5, 5.41) is 7.54. The Morgan fingerprint density at radius 1 is 1.06 bits per heavy atom. The zero-order chi connectivity index (χ0) is 21.0. The van der Waals surface area contributed by atoms with Crippen LogP contribution in [0.1, 0.15) is 18.9 Å². The first-order chi connectivity index (χ1) is 14.8. The summed E-state index contributed by atoms with van der Waals surface area (Å²) in [7, 11) is 0. The summed E-state index contributed by atoms with van der Waals surface area (Å²) in [6, 6.07) is 9.83. The summed E-state index contributed by atoms with van der Waals surface area (Å²) in [5.41, 5.74) is 1.16. The van der Waals surface area contributed by atoms with Crippen molar-refractivity contribution >= 4 is 47.5 Å². The molecule has 2 N–H and O–H groups in total. The molecule has 0 spiro atoms. The summed E-state index contributed by atoms with van der Waals surface area (Å²) in [6.45, 7) is 9.63. The zero-order valence-electron chi connectivity index (χ0n) is 18.1. The van der Waals surface area contributed by atoms with Crippen molar-refractivity contribution in [2.24, 2.45) is 4.99 Å². The van der Waals surface area contributed by atoms with Crippen LogP contribution in [0.25, 0.3) is 0 Å². The lowest BCUT2D eigenvalue weighted by Crippen LogP contribution is -2.47. The van der Waals surface area contributed by atoms with Gasteiger partial charge in [-0.15, -0.1) is 24.0 Å². The first kappa shape index (κ1) is 25.6. The van der Waals surface area contributed by atoms with Crippen LogP contribution in [0.3, 0.4) is 0 Å². The molecule has 0 bridgehead atoms. The maximum absolute atomic E-state index is 6.23. The Kier molecular flexibility index (Phi) is 11.9. The second-order valence-corrected chi connectivity index (χ2v) is 7.67. The van der Waals surface area contributed by atoms with E-state index in [4.69, 9.17) is 16.6 Å². The van der Waals surface area contributed by atoms with Crippen LogP contribution < -0.4 is 15.5 Å². The number of aliphatic imine (C=N–C) groups is 1. The number of nitrogens with zero attached hydrogens (tertiary/aromatic N) is 5. The van der Waals surface area contributed by atoms with Gasteiger partial charge in [-0.05, 0) is 37.5 Å². The van der Waals surface area contributed by atoms with Crippen molar-refractivity contribution in [1.82, 2.24) is 25.5 Å². The fourth-order valence-corrected chi connectivity index (χ4v) is 3.70. The highest BCUT2D eigenvalue weighted by molar-refractivity contribution is 14.0. The number of benzene rings is 1. The molecule has 7 nitrogen and oxygen atoms in total. The molecule has 1 aromatic carbocycles. The Morgan fingerprint density at radius 2 is 1.81 bits per heavy atom. The molecule has 1 aliphatic rings. The van der Waals surface area contributed by atoms with Gasteiger partial charge in [0.1, 0.15) is 0 Å². The summed E-state index contributed by atoms with van der Waals surface area (Å²) >= 11 is 6.23. The smallest absolute Gasteiger partial charge is 0.225 e. The largest absolute Gasteiger partial charge is 0.357 e. The van der Waals surface area contributed by atoms with Crippen molar-refractivity contribution in [2.75, 3.05) is 57.3 Å². The molecule has 0 aliphatic carbocycles. The topological polar surface area (TPSA) is 68.7 Å². The number of anilines is 1. The molecule has 0 radical (unpaired) electrons. The Balaban J connectivity index is 0.00000341. The Hall–Kier alpha value is -1.65. The van der Waals surface area contributed by atoms with E-state index in [1.54, 1.807) is 12.4 Å². The van der Waals surface area contributed by atoms with Crippen LogP contribution in [0.4, 0.5) is 5.95 Å². The van der Waals surface area contributed by atoms with E-state index in [1.165, 1.54) is 0 Å². The van der Waals surface area contributed by atoms with Gasteiger partial charge in [0.25, 0.3) is 0 Å². The monoisotopic (exact) mass is 557 g/mol. The standard InChI is InChI=1S/C22H32ClN7.HI/c1-2-24-21(26-13-9-19-7-3-4-8-20(19)23)25-12-6-14-29-15-17-30(18-16-29)22-27-10-5-11-28-22;/h3-5,7-8,10-11H,2,6,9,12-18H2,1H3,(H2,24,25,26);1H. The van der Waals surface area contributed by atoms with E-state index in [-0.39, 0.29) is 24.0 Å². The van der Waals surface area contributed by atoms with Crippen molar-refractivity contribution in [3.05, 3.63) is 53.3 Å². The highest BCUT2D eigenvalue weighted by Crippen LogP contribution is 2.14.